The minimum atomic E-state index is -0.712. The molecule has 2 heterocycles. The van der Waals surface area contributed by atoms with Gasteiger partial charge in [-0.15, -0.1) is 0 Å². The lowest BCUT2D eigenvalue weighted by Gasteiger charge is -2.25. The molecule has 0 aliphatic carbocycles. The summed E-state index contributed by atoms with van der Waals surface area (Å²) in [6.07, 6.45) is 3.09. The van der Waals surface area contributed by atoms with Crippen molar-refractivity contribution < 1.29 is 23.7 Å². The molecule has 8 nitrogen and oxygen atoms in total. The van der Waals surface area contributed by atoms with Gasteiger partial charge in [0.1, 0.15) is 12.4 Å². The van der Waals surface area contributed by atoms with Gasteiger partial charge in [-0.25, -0.2) is 9.79 Å². The quantitative estimate of drug-likeness (QED) is 0.234. The minimum absolute atomic E-state index is 0.271. The van der Waals surface area contributed by atoms with E-state index in [1.807, 2.05) is 37.3 Å². The molecule has 0 N–H and O–H groups in total. The van der Waals surface area contributed by atoms with Crippen LogP contribution in [0.5, 0.6) is 17.2 Å². The van der Waals surface area contributed by atoms with Crippen LogP contribution in [0.3, 0.4) is 0 Å². The van der Waals surface area contributed by atoms with Gasteiger partial charge in [0.05, 0.1) is 46.1 Å². The zero-order chi connectivity index (χ0) is 29.0. The Labute approximate surface area is 245 Å². The Morgan fingerprint density at radius 1 is 1.23 bits per heavy atom. The van der Waals surface area contributed by atoms with Crippen LogP contribution in [0.2, 0.25) is 0 Å². The van der Waals surface area contributed by atoms with Gasteiger partial charge in [-0.05, 0) is 85.1 Å². The number of thiazole rings is 1. The van der Waals surface area contributed by atoms with E-state index in [1.165, 1.54) is 11.3 Å². The van der Waals surface area contributed by atoms with Crippen LogP contribution in [0.25, 0.3) is 6.08 Å². The lowest BCUT2D eigenvalue weighted by atomic mass is 9.96. The highest BCUT2D eigenvalue weighted by molar-refractivity contribution is 9.10. The van der Waals surface area contributed by atoms with E-state index < -0.39 is 12.0 Å². The second-order valence-corrected chi connectivity index (χ2v) is 11.0. The van der Waals surface area contributed by atoms with Crippen molar-refractivity contribution in [2.75, 3.05) is 20.3 Å². The Kier molecular flexibility index (Phi) is 9.32. The number of benzene rings is 2. The lowest BCUT2D eigenvalue weighted by molar-refractivity contribution is -0.143. The molecule has 1 aliphatic rings. The van der Waals surface area contributed by atoms with Crippen LogP contribution >= 0.6 is 27.3 Å². The smallest absolute Gasteiger partial charge is 0.338 e. The zero-order valence-electron chi connectivity index (χ0n) is 23.0. The molecule has 0 saturated carbocycles. The van der Waals surface area contributed by atoms with E-state index in [4.69, 9.17) is 18.9 Å². The molecule has 0 amide bonds. The summed E-state index contributed by atoms with van der Waals surface area (Å²) in [7, 11) is 1.55. The first-order valence-corrected chi connectivity index (χ1v) is 14.4. The number of hydrogen-bond donors (Lipinski definition) is 0. The summed E-state index contributed by atoms with van der Waals surface area (Å²) in [4.78, 5) is 32.3. The molecule has 0 saturated heterocycles. The molecule has 1 aliphatic heterocycles. The van der Waals surface area contributed by atoms with E-state index in [2.05, 4.69) is 27.5 Å². The monoisotopic (exact) mass is 626 g/mol. The maximum absolute atomic E-state index is 13.9. The predicted octanol–water partition coefficient (Wildman–Crippen LogP) is 4.92. The third-order valence-electron chi connectivity index (χ3n) is 5.99. The topological polar surface area (TPSA) is 88.4 Å². The van der Waals surface area contributed by atoms with Crippen molar-refractivity contribution in [2.24, 2.45) is 4.99 Å². The summed E-state index contributed by atoms with van der Waals surface area (Å²) < 4.78 is 25.1. The Morgan fingerprint density at radius 3 is 2.58 bits per heavy atom. The Morgan fingerprint density at radius 2 is 1.95 bits per heavy atom. The molecule has 40 heavy (non-hydrogen) atoms. The highest BCUT2D eigenvalue weighted by atomic mass is 79.9. The second-order valence-electron chi connectivity index (χ2n) is 9.17. The highest BCUT2D eigenvalue weighted by Gasteiger charge is 2.33. The minimum Gasteiger partial charge on any atom is -0.494 e. The molecule has 2 aromatic carbocycles. The van der Waals surface area contributed by atoms with Crippen molar-refractivity contribution in [1.29, 1.82) is 0 Å². The van der Waals surface area contributed by atoms with Crippen molar-refractivity contribution >= 4 is 39.3 Å². The van der Waals surface area contributed by atoms with Crippen LogP contribution in [-0.2, 0) is 9.53 Å². The van der Waals surface area contributed by atoms with Gasteiger partial charge in [0, 0.05) is 0 Å². The molecule has 1 atom stereocenters. The molecule has 10 heteroatoms. The van der Waals surface area contributed by atoms with E-state index in [0.29, 0.717) is 55.5 Å². The van der Waals surface area contributed by atoms with E-state index in [9.17, 15) is 9.59 Å². The first kappa shape index (κ1) is 29.4. The molecule has 0 unspecified atom stereocenters. The van der Waals surface area contributed by atoms with Crippen LogP contribution in [-0.4, -0.2) is 37.0 Å². The van der Waals surface area contributed by atoms with E-state index >= 15 is 0 Å². The number of esters is 1. The van der Waals surface area contributed by atoms with Gasteiger partial charge in [0.2, 0.25) is 0 Å². The van der Waals surface area contributed by atoms with Gasteiger partial charge in [-0.3, -0.25) is 9.36 Å². The van der Waals surface area contributed by atoms with Crippen LogP contribution in [0.1, 0.15) is 44.9 Å². The van der Waals surface area contributed by atoms with Gasteiger partial charge >= 0.3 is 5.97 Å². The standard InChI is InChI=1S/C30H31BrN2O6S/c1-7-13-38-27-22(31)14-19(15-23(27)36-6)16-24-28(34)33-26(20-9-11-21(12-10-20)37-8-2)25(29(35)39-17(3)4)18(5)32-30(33)40-24/h7,9-12,14-17,26H,1,8,13H2,2-6H3/b24-16+/t26-/m0/s1. The fraction of sp³-hybridized carbons (Fsp3) is 0.300. The Bertz CT molecular complexity index is 1640. The third kappa shape index (κ3) is 6.08. The van der Waals surface area contributed by atoms with Gasteiger partial charge in [-0.1, -0.05) is 36.1 Å². The molecular weight excluding hydrogens is 596 g/mol. The number of hydrogen-bond acceptors (Lipinski definition) is 8. The Hall–Kier alpha value is -3.63. The van der Waals surface area contributed by atoms with Crippen molar-refractivity contribution in [3.8, 4) is 17.2 Å². The van der Waals surface area contributed by atoms with Crippen molar-refractivity contribution in [2.45, 2.75) is 39.8 Å². The molecule has 0 bridgehead atoms. The molecule has 0 fully saturated rings. The van der Waals surface area contributed by atoms with Gasteiger partial charge in [0.15, 0.2) is 16.3 Å². The second kappa shape index (κ2) is 12.7. The number of fused-ring (bicyclic) bond motifs is 1. The average molecular weight is 628 g/mol. The number of halogens is 1. The van der Waals surface area contributed by atoms with E-state index in [-0.39, 0.29) is 11.7 Å². The number of aromatic nitrogens is 1. The first-order valence-electron chi connectivity index (χ1n) is 12.8. The first-order chi connectivity index (χ1) is 19.2. The zero-order valence-corrected chi connectivity index (χ0v) is 25.4. The van der Waals surface area contributed by atoms with Gasteiger partial charge < -0.3 is 18.9 Å². The maximum Gasteiger partial charge on any atom is 0.338 e. The third-order valence-corrected chi connectivity index (χ3v) is 7.56. The van der Waals surface area contributed by atoms with Crippen LogP contribution < -0.4 is 29.1 Å². The number of allylic oxidation sites excluding steroid dienone is 1. The molecule has 1 aromatic heterocycles. The predicted molar refractivity (Wildman–Crippen MR) is 159 cm³/mol. The summed E-state index contributed by atoms with van der Waals surface area (Å²) in [5, 5.41) is 0. The normalized spacial score (nSPS) is 15.0. The van der Waals surface area contributed by atoms with E-state index in [0.717, 1.165) is 11.1 Å². The Balaban J connectivity index is 1.88. The largest absolute Gasteiger partial charge is 0.494 e. The number of carbonyl (C=O) groups excluding carboxylic acids is 1. The maximum atomic E-state index is 13.9. The number of nitrogens with zero attached hydrogens (tertiary/aromatic N) is 2. The fourth-order valence-corrected chi connectivity index (χ4v) is 5.97. The van der Waals surface area contributed by atoms with Crippen LogP contribution in [0.4, 0.5) is 0 Å². The fourth-order valence-electron chi connectivity index (χ4n) is 4.35. The lowest BCUT2D eigenvalue weighted by Crippen LogP contribution is -2.40. The molecule has 4 rings (SSSR count). The molecule has 0 radical (unpaired) electrons. The summed E-state index contributed by atoms with van der Waals surface area (Å²) in [6, 6.07) is 10.3. The number of carbonyl (C=O) groups is 1. The average Bonchev–Trinajstić information content (AvgIpc) is 3.21. The molecule has 0 spiro atoms. The molecule has 3 aromatic rings. The van der Waals surface area contributed by atoms with Gasteiger partial charge in [-0.2, -0.15) is 0 Å². The molecule has 210 valence electrons. The summed E-state index contributed by atoms with van der Waals surface area (Å²) in [6.45, 7) is 11.8. The number of ether oxygens (including phenoxy) is 4. The highest BCUT2D eigenvalue weighted by Crippen LogP contribution is 2.37. The van der Waals surface area contributed by atoms with Crippen molar-refractivity contribution in [3.05, 3.63) is 95.6 Å². The van der Waals surface area contributed by atoms with E-state index in [1.54, 1.807) is 50.7 Å². The van der Waals surface area contributed by atoms with Crippen molar-refractivity contribution in [1.82, 2.24) is 4.57 Å². The number of rotatable bonds is 10. The summed E-state index contributed by atoms with van der Waals surface area (Å²) in [5.74, 6) is 1.25. The summed E-state index contributed by atoms with van der Waals surface area (Å²) in [5.41, 5.74) is 2.03. The molecular formula is C30H31BrN2O6S. The number of methoxy groups -OCH3 is 1. The van der Waals surface area contributed by atoms with Crippen molar-refractivity contribution in [3.63, 3.8) is 0 Å². The SMILES string of the molecule is C=CCOc1c(Br)cc(/C=c2/sc3n(c2=O)[C@@H](c2ccc(OCC)cc2)C(C(=O)OC(C)C)=C(C)N=3)cc1OC. The van der Waals surface area contributed by atoms with Crippen LogP contribution in [0, 0.1) is 0 Å². The van der Waals surface area contributed by atoms with Gasteiger partial charge in [0.25, 0.3) is 5.56 Å². The van der Waals surface area contributed by atoms with Crippen LogP contribution in [0.15, 0.2) is 74.6 Å². The summed E-state index contributed by atoms with van der Waals surface area (Å²) >= 11 is 4.79.